The third kappa shape index (κ3) is 3.94. The van der Waals surface area contributed by atoms with Gasteiger partial charge in [-0.1, -0.05) is 69.3 Å². The molecule has 1 N–H and O–H groups in total. The van der Waals surface area contributed by atoms with E-state index in [1.54, 1.807) is 12.1 Å². The highest BCUT2D eigenvalue weighted by Crippen LogP contribution is 2.37. The summed E-state index contributed by atoms with van der Waals surface area (Å²) in [6, 6.07) is 32.3. The predicted molar refractivity (Wildman–Crippen MR) is 158 cm³/mol. The minimum absolute atomic E-state index is 0.00781. The Hall–Kier alpha value is -4.90. The van der Waals surface area contributed by atoms with Gasteiger partial charge in [0.05, 0.1) is 11.0 Å². The summed E-state index contributed by atoms with van der Waals surface area (Å²) in [7, 11) is 0. The molecule has 5 nitrogen and oxygen atoms in total. The summed E-state index contributed by atoms with van der Waals surface area (Å²) in [4.78, 5) is 9.44. The van der Waals surface area contributed by atoms with Crippen molar-refractivity contribution in [2.45, 2.75) is 26.2 Å². The second-order valence-electron chi connectivity index (χ2n) is 11.0. The van der Waals surface area contributed by atoms with Crippen LogP contribution in [0.1, 0.15) is 26.3 Å². The normalized spacial score (nSPS) is 12.1. The second kappa shape index (κ2) is 8.57. The summed E-state index contributed by atoms with van der Waals surface area (Å²) in [5.74, 6) is 2.06. The molecule has 0 radical (unpaired) electrons. The summed E-state index contributed by atoms with van der Waals surface area (Å²) in [5.41, 5.74) is 3.89. The largest absolute Gasteiger partial charge is 0.506 e. The molecule has 0 aliphatic carbocycles. The molecule has 3 aromatic heterocycles. The first kappa shape index (κ1) is 23.2. The minimum atomic E-state index is 0.00781. The van der Waals surface area contributed by atoms with Gasteiger partial charge in [-0.2, -0.15) is 0 Å². The molecule has 5 heteroatoms. The fourth-order valence-corrected chi connectivity index (χ4v) is 5.26. The van der Waals surface area contributed by atoms with Crippen LogP contribution >= 0.6 is 0 Å². The van der Waals surface area contributed by atoms with Crippen molar-refractivity contribution >= 4 is 43.5 Å². The third-order valence-electron chi connectivity index (χ3n) is 7.35. The molecule has 0 fully saturated rings. The first-order chi connectivity index (χ1) is 18.8. The van der Waals surface area contributed by atoms with Gasteiger partial charge in [0, 0.05) is 39.9 Å². The van der Waals surface area contributed by atoms with E-state index in [0.717, 1.165) is 43.8 Å². The van der Waals surface area contributed by atoms with Crippen molar-refractivity contribution in [2.24, 2.45) is 0 Å². The van der Waals surface area contributed by atoms with E-state index in [-0.39, 0.29) is 11.2 Å². The Kier molecular flexibility index (Phi) is 5.10. The molecule has 0 aliphatic heterocycles. The maximum absolute atomic E-state index is 10.3. The Bertz CT molecular complexity index is 2050. The van der Waals surface area contributed by atoms with Crippen LogP contribution in [0.2, 0.25) is 0 Å². The lowest BCUT2D eigenvalue weighted by Gasteiger charge is -2.19. The van der Waals surface area contributed by atoms with Crippen molar-refractivity contribution in [1.29, 1.82) is 0 Å². The Morgan fingerprint density at radius 3 is 2.28 bits per heavy atom. The van der Waals surface area contributed by atoms with E-state index >= 15 is 0 Å². The molecule has 0 spiro atoms. The molecule has 3 heterocycles. The molecule has 39 heavy (non-hydrogen) atoms. The maximum Gasteiger partial charge on any atom is 0.219 e. The summed E-state index contributed by atoms with van der Waals surface area (Å²) in [5, 5.41) is 15.7. The number of fused-ring (bicyclic) bond motifs is 5. The monoisotopic (exact) mass is 509 g/mol. The Balaban J connectivity index is 1.44. The zero-order valence-electron chi connectivity index (χ0n) is 22.0. The highest BCUT2D eigenvalue weighted by molar-refractivity contribution is 6.10. The SMILES string of the molecule is CC(C)(C)c1ccc2c3ccc(Oc4ccc5cccc(O)c5n4)cc3n(-c3cc4ccccc4cn3)c2c1. The standard InChI is InChI=1S/C34H27N3O2/c1-34(2,3)24-12-14-26-27-15-13-25(39-32-16-11-21-9-6-10-30(38)33(21)36-32)19-29(27)37(28(26)18-24)31-17-22-7-4-5-8-23(22)20-35-31/h4-20,38H,1-3H3. The molecule has 0 saturated heterocycles. The van der Waals surface area contributed by atoms with Crippen LogP contribution in [-0.4, -0.2) is 19.6 Å². The molecule has 0 aliphatic rings. The van der Waals surface area contributed by atoms with E-state index in [9.17, 15) is 5.11 Å². The molecule has 7 rings (SSSR count). The lowest BCUT2D eigenvalue weighted by atomic mass is 9.86. The number of hydrogen-bond acceptors (Lipinski definition) is 4. The van der Waals surface area contributed by atoms with Gasteiger partial charge >= 0.3 is 0 Å². The van der Waals surface area contributed by atoms with Gasteiger partial charge in [-0.05, 0) is 52.8 Å². The van der Waals surface area contributed by atoms with Crippen LogP contribution < -0.4 is 4.74 Å². The third-order valence-corrected chi connectivity index (χ3v) is 7.35. The van der Waals surface area contributed by atoms with Crippen molar-refractivity contribution in [3.05, 3.63) is 109 Å². The van der Waals surface area contributed by atoms with Gasteiger partial charge in [0.25, 0.3) is 0 Å². The van der Waals surface area contributed by atoms with Crippen LogP contribution in [0.5, 0.6) is 17.4 Å². The Morgan fingerprint density at radius 2 is 1.46 bits per heavy atom. The first-order valence-electron chi connectivity index (χ1n) is 13.1. The van der Waals surface area contributed by atoms with Gasteiger partial charge in [0.2, 0.25) is 5.88 Å². The van der Waals surface area contributed by atoms with Crippen molar-refractivity contribution < 1.29 is 9.84 Å². The van der Waals surface area contributed by atoms with E-state index in [1.807, 2.05) is 42.6 Å². The molecular weight excluding hydrogens is 482 g/mol. The van der Waals surface area contributed by atoms with E-state index in [1.165, 1.54) is 5.56 Å². The van der Waals surface area contributed by atoms with Gasteiger partial charge in [0.15, 0.2) is 0 Å². The molecule has 7 aromatic rings. The number of nitrogens with zero attached hydrogens (tertiary/aromatic N) is 3. The second-order valence-corrected chi connectivity index (χ2v) is 11.0. The number of phenols is 1. The van der Waals surface area contributed by atoms with E-state index in [0.29, 0.717) is 17.1 Å². The van der Waals surface area contributed by atoms with Crippen molar-refractivity contribution in [3.63, 3.8) is 0 Å². The first-order valence-corrected chi connectivity index (χ1v) is 13.1. The lowest BCUT2D eigenvalue weighted by Crippen LogP contribution is -2.11. The van der Waals surface area contributed by atoms with E-state index in [4.69, 9.17) is 9.72 Å². The zero-order valence-corrected chi connectivity index (χ0v) is 22.0. The van der Waals surface area contributed by atoms with Crippen LogP contribution in [0.15, 0.2) is 103 Å². The molecule has 0 amide bonds. The summed E-state index contributed by atoms with van der Waals surface area (Å²) < 4.78 is 8.45. The number of benzene rings is 4. The minimum Gasteiger partial charge on any atom is -0.506 e. The number of pyridine rings is 2. The van der Waals surface area contributed by atoms with Gasteiger partial charge in [-0.15, -0.1) is 0 Å². The number of aromatic hydroxyl groups is 1. The fourth-order valence-electron chi connectivity index (χ4n) is 5.26. The van der Waals surface area contributed by atoms with Crippen LogP contribution in [0.3, 0.4) is 0 Å². The van der Waals surface area contributed by atoms with Crippen LogP contribution in [0, 0.1) is 0 Å². The van der Waals surface area contributed by atoms with Crippen molar-refractivity contribution in [2.75, 3.05) is 0 Å². The van der Waals surface area contributed by atoms with Crippen molar-refractivity contribution in [1.82, 2.24) is 14.5 Å². The number of aromatic nitrogens is 3. The summed E-state index contributed by atoms with van der Waals surface area (Å²) in [6.07, 6.45) is 1.93. The Morgan fingerprint density at radius 1 is 0.718 bits per heavy atom. The lowest BCUT2D eigenvalue weighted by molar-refractivity contribution is 0.460. The number of hydrogen-bond donors (Lipinski definition) is 1. The quantitative estimate of drug-likeness (QED) is 0.259. The Labute approximate surface area is 225 Å². The smallest absolute Gasteiger partial charge is 0.219 e. The number of para-hydroxylation sites is 1. The number of rotatable bonds is 3. The summed E-state index contributed by atoms with van der Waals surface area (Å²) >= 11 is 0. The van der Waals surface area contributed by atoms with Crippen LogP contribution in [0.25, 0.3) is 49.3 Å². The van der Waals surface area contributed by atoms with Gasteiger partial charge in [-0.3, -0.25) is 4.57 Å². The fraction of sp³-hybridized carbons (Fsp3) is 0.118. The topological polar surface area (TPSA) is 60.2 Å². The number of phenolic OH excluding ortho intramolecular Hbond substituents is 1. The highest BCUT2D eigenvalue weighted by Gasteiger charge is 2.19. The van der Waals surface area contributed by atoms with Crippen LogP contribution in [-0.2, 0) is 5.41 Å². The summed E-state index contributed by atoms with van der Waals surface area (Å²) in [6.45, 7) is 6.70. The molecule has 0 saturated carbocycles. The average Bonchev–Trinajstić information content (AvgIpc) is 3.25. The van der Waals surface area contributed by atoms with Gasteiger partial charge < -0.3 is 9.84 Å². The molecule has 0 unspecified atom stereocenters. The van der Waals surface area contributed by atoms with Gasteiger partial charge in [0.1, 0.15) is 22.8 Å². The molecular formula is C34H27N3O2. The zero-order chi connectivity index (χ0) is 26.7. The van der Waals surface area contributed by atoms with Crippen molar-refractivity contribution in [3.8, 4) is 23.2 Å². The highest BCUT2D eigenvalue weighted by atomic mass is 16.5. The number of ether oxygens (including phenoxy) is 1. The predicted octanol–water partition coefficient (Wildman–Crippen LogP) is 8.68. The molecule has 4 aromatic carbocycles. The van der Waals surface area contributed by atoms with E-state index in [2.05, 4.69) is 78.9 Å². The molecule has 0 atom stereocenters. The van der Waals surface area contributed by atoms with E-state index < -0.39 is 0 Å². The average molecular weight is 510 g/mol. The molecule has 190 valence electrons. The maximum atomic E-state index is 10.3. The van der Waals surface area contributed by atoms with Crippen LogP contribution in [0.4, 0.5) is 0 Å². The van der Waals surface area contributed by atoms with Gasteiger partial charge in [-0.25, -0.2) is 9.97 Å². The molecule has 0 bridgehead atoms.